The molecule has 0 aliphatic heterocycles. The number of carboxylic acids is 1. The maximum absolute atomic E-state index is 11.1. The van der Waals surface area contributed by atoms with Crippen molar-refractivity contribution >= 4 is 23.0 Å². The van der Waals surface area contributed by atoms with Crippen molar-refractivity contribution < 1.29 is 14.8 Å². The summed E-state index contributed by atoms with van der Waals surface area (Å²) in [7, 11) is 0. The maximum atomic E-state index is 11.1. The summed E-state index contributed by atoms with van der Waals surface area (Å²) in [6.45, 7) is 3.81. The molecule has 6 nitrogen and oxygen atoms in total. The van der Waals surface area contributed by atoms with Gasteiger partial charge in [0.15, 0.2) is 0 Å². The molecule has 0 amide bonds. The summed E-state index contributed by atoms with van der Waals surface area (Å²) in [5.74, 6) is -1.20. The smallest absolute Gasteiger partial charge is 0.335 e. The van der Waals surface area contributed by atoms with Crippen LogP contribution in [0.15, 0.2) is 36.4 Å². The highest BCUT2D eigenvalue weighted by molar-refractivity contribution is 5.90. The third kappa shape index (κ3) is 3.17. The van der Waals surface area contributed by atoms with Gasteiger partial charge in [-0.1, -0.05) is 12.1 Å². The molecule has 2 aromatic rings. The minimum Gasteiger partial charge on any atom is -0.478 e. The molecule has 0 saturated carbocycles. The summed E-state index contributed by atoms with van der Waals surface area (Å²) >= 11 is 0. The molecular weight excluding hydrogens is 272 g/mol. The van der Waals surface area contributed by atoms with E-state index in [4.69, 9.17) is 5.11 Å². The molecule has 0 radical (unpaired) electrons. The van der Waals surface area contributed by atoms with Crippen LogP contribution in [0.25, 0.3) is 0 Å². The Morgan fingerprint density at radius 3 is 2.48 bits per heavy atom. The van der Waals surface area contributed by atoms with E-state index >= 15 is 0 Å². The second kappa shape index (κ2) is 5.62. The van der Waals surface area contributed by atoms with Crippen molar-refractivity contribution in [2.75, 3.05) is 5.32 Å². The minimum absolute atomic E-state index is 0.117. The van der Waals surface area contributed by atoms with Crippen LogP contribution < -0.4 is 5.32 Å². The molecule has 0 spiro atoms. The van der Waals surface area contributed by atoms with Gasteiger partial charge >= 0.3 is 5.97 Å². The molecule has 2 N–H and O–H groups in total. The van der Waals surface area contributed by atoms with E-state index in [0.29, 0.717) is 0 Å². The van der Waals surface area contributed by atoms with Crippen LogP contribution in [0, 0.1) is 24.0 Å². The molecule has 0 aliphatic carbocycles. The fourth-order valence-electron chi connectivity index (χ4n) is 1.94. The number of rotatable bonds is 4. The molecule has 0 bridgehead atoms. The van der Waals surface area contributed by atoms with Crippen LogP contribution >= 0.6 is 0 Å². The van der Waals surface area contributed by atoms with Gasteiger partial charge in [0.25, 0.3) is 5.69 Å². The first kappa shape index (κ1) is 14.5. The first-order valence-electron chi connectivity index (χ1n) is 6.24. The number of hydrogen-bond donors (Lipinski definition) is 2. The quantitative estimate of drug-likeness (QED) is 0.661. The normalized spacial score (nSPS) is 10.2. The van der Waals surface area contributed by atoms with Crippen LogP contribution in [0.1, 0.15) is 21.5 Å². The Hall–Kier alpha value is -2.89. The second-order valence-corrected chi connectivity index (χ2v) is 4.74. The van der Waals surface area contributed by atoms with Crippen molar-refractivity contribution in [3.05, 3.63) is 63.2 Å². The number of benzene rings is 2. The van der Waals surface area contributed by atoms with Gasteiger partial charge in [-0.25, -0.2) is 4.79 Å². The molecule has 2 aromatic carbocycles. The van der Waals surface area contributed by atoms with E-state index in [9.17, 15) is 14.9 Å². The van der Waals surface area contributed by atoms with Gasteiger partial charge < -0.3 is 10.4 Å². The number of hydrogen-bond acceptors (Lipinski definition) is 4. The fourth-order valence-corrected chi connectivity index (χ4v) is 1.94. The van der Waals surface area contributed by atoms with Crippen LogP contribution in [0.2, 0.25) is 0 Å². The van der Waals surface area contributed by atoms with Crippen LogP contribution in [0.4, 0.5) is 17.1 Å². The van der Waals surface area contributed by atoms with E-state index in [0.717, 1.165) is 22.9 Å². The van der Waals surface area contributed by atoms with Crippen molar-refractivity contribution in [1.29, 1.82) is 0 Å². The van der Waals surface area contributed by atoms with E-state index in [1.165, 1.54) is 12.1 Å². The fraction of sp³-hybridized carbons (Fsp3) is 0.133. The highest BCUT2D eigenvalue weighted by Crippen LogP contribution is 2.30. The summed E-state index contributed by atoms with van der Waals surface area (Å²) in [4.78, 5) is 21.4. The summed E-state index contributed by atoms with van der Waals surface area (Å²) < 4.78 is 0. The number of anilines is 2. The number of carbonyl (C=O) groups is 1. The summed E-state index contributed by atoms with van der Waals surface area (Å²) in [6.07, 6.45) is 0. The first-order chi connectivity index (χ1) is 9.88. The van der Waals surface area contributed by atoms with E-state index in [2.05, 4.69) is 5.32 Å². The standard InChI is InChI=1S/C15H14N2O4/c1-9-3-4-10(2)13(7-9)16-12-6-5-11(15(18)19)8-14(12)17(20)21/h3-8,16H,1-2H3,(H,18,19). The van der Waals surface area contributed by atoms with Gasteiger partial charge in [-0.2, -0.15) is 0 Å². The molecule has 0 saturated heterocycles. The molecule has 6 heteroatoms. The molecule has 0 aliphatic rings. The summed E-state index contributed by atoms with van der Waals surface area (Å²) in [5.41, 5.74) is 2.59. The van der Waals surface area contributed by atoms with Gasteiger partial charge in [0.2, 0.25) is 0 Å². The first-order valence-corrected chi connectivity index (χ1v) is 6.24. The summed E-state index contributed by atoms with van der Waals surface area (Å²) in [6, 6.07) is 9.53. The van der Waals surface area contributed by atoms with Crippen molar-refractivity contribution in [2.45, 2.75) is 13.8 Å². The lowest BCUT2D eigenvalue weighted by Gasteiger charge is -2.11. The van der Waals surface area contributed by atoms with Crippen molar-refractivity contribution in [3.63, 3.8) is 0 Å². The monoisotopic (exact) mass is 286 g/mol. The molecule has 108 valence electrons. The Balaban J connectivity index is 2.46. The number of aromatic carboxylic acids is 1. The highest BCUT2D eigenvalue weighted by Gasteiger charge is 2.17. The molecular formula is C15H14N2O4. The topological polar surface area (TPSA) is 92.5 Å². The van der Waals surface area contributed by atoms with E-state index in [1.807, 2.05) is 32.0 Å². The third-order valence-corrected chi connectivity index (χ3v) is 3.10. The number of aryl methyl sites for hydroxylation is 2. The third-order valence-electron chi connectivity index (χ3n) is 3.10. The summed E-state index contributed by atoms with van der Waals surface area (Å²) in [5, 5.41) is 23.0. The lowest BCUT2D eigenvalue weighted by Crippen LogP contribution is -2.02. The number of nitrogens with one attached hydrogen (secondary N) is 1. The maximum Gasteiger partial charge on any atom is 0.335 e. The predicted octanol–water partition coefficient (Wildman–Crippen LogP) is 3.65. The Morgan fingerprint density at radius 1 is 1.14 bits per heavy atom. The SMILES string of the molecule is Cc1ccc(C)c(Nc2ccc(C(=O)O)cc2[N+](=O)[O-])c1. The van der Waals surface area contributed by atoms with Crippen molar-refractivity contribution in [2.24, 2.45) is 0 Å². The average Bonchev–Trinajstić information content (AvgIpc) is 2.42. The molecule has 0 unspecified atom stereocenters. The van der Waals surface area contributed by atoms with Gasteiger partial charge in [0, 0.05) is 11.8 Å². The van der Waals surface area contributed by atoms with E-state index < -0.39 is 10.9 Å². The van der Waals surface area contributed by atoms with Crippen molar-refractivity contribution in [3.8, 4) is 0 Å². The molecule has 21 heavy (non-hydrogen) atoms. The van der Waals surface area contributed by atoms with Gasteiger partial charge in [0.05, 0.1) is 10.5 Å². The zero-order valence-electron chi connectivity index (χ0n) is 11.6. The largest absolute Gasteiger partial charge is 0.478 e. The number of carboxylic acid groups (broad SMARTS) is 1. The van der Waals surface area contributed by atoms with E-state index in [-0.39, 0.29) is 16.9 Å². The Labute approximate surface area is 121 Å². The number of nitro benzene ring substituents is 1. The Kier molecular flexibility index (Phi) is 3.89. The van der Waals surface area contributed by atoms with Crippen LogP contribution in [-0.2, 0) is 0 Å². The zero-order chi connectivity index (χ0) is 15.6. The Bertz CT molecular complexity index is 726. The highest BCUT2D eigenvalue weighted by atomic mass is 16.6. The van der Waals surface area contributed by atoms with Crippen molar-refractivity contribution in [1.82, 2.24) is 0 Å². The number of nitrogens with zero attached hydrogens (tertiary/aromatic N) is 1. The predicted molar refractivity (Wildman–Crippen MR) is 79.3 cm³/mol. The van der Waals surface area contributed by atoms with Gasteiger partial charge in [-0.3, -0.25) is 10.1 Å². The van der Waals surface area contributed by atoms with Gasteiger partial charge in [-0.15, -0.1) is 0 Å². The van der Waals surface area contributed by atoms with E-state index in [1.54, 1.807) is 0 Å². The molecule has 0 fully saturated rings. The molecule has 0 heterocycles. The van der Waals surface area contributed by atoms with Crippen LogP contribution in [0.3, 0.4) is 0 Å². The number of nitro groups is 1. The zero-order valence-corrected chi connectivity index (χ0v) is 11.6. The Morgan fingerprint density at radius 2 is 1.86 bits per heavy atom. The lowest BCUT2D eigenvalue weighted by molar-refractivity contribution is -0.383. The van der Waals surface area contributed by atoms with Crippen LogP contribution in [0.5, 0.6) is 0 Å². The van der Waals surface area contributed by atoms with Crippen LogP contribution in [-0.4, -0.2) is 16.0 Å². The van der Waals surface area contributed by atoms with Gasteiger partial charge in [-0.05, 0) is 43.2 Å². The molecule has 0 atom stereocenters. The molecule has 0 aromatic heterocycles. The molecule has 2 rings (SSSR count). The minimum atomic E-state index is -1.20. The average molecular weight is 286 g/mol. The lowest BCUT2D eigenvalue weighted by atomic mass is 10.1. The van der Waals surface area contributed by atoms with Gasteiger partial charge in [0.1, 0.15) is 5.69 Å². The second-order valence-electron chi connectivity index (χ2n) is 4.74.